The number of carbonyl (C=O) groups excluding carboxylic acids is 2. The zero-order chi connectivity index (χ0) is 22.7. The molecule has 0 bridgehead atoms. The van der Waals surface area contributed by atoms with Crippen molar-refractivity contribution >= 4 is 51.9 Å². The van der Waals surface area contributed by atoms with E-state index in [4.69, 9.17) is 5.73 Å². The van der Waals surface area contributed by atoms with Crippen LogP contribution in [-0.2, 0) is 4.79 Å². The SMILES string of the molecule is Cc1cc(NC(=O)CSc2nc3ncnc(N)c3[nH]2)ccc1NC(=O)c1ccccc1C. The number of thioether (sulfide) groups is 1. The van der Waals surface area contributed by atoms with Crippen LogP contribution in [0.4, 0.5) is 17.2 Å². The van der Waals surface area contributed by atoms with Gasteiger partial charge in [-0.05, 0) is 49.2 Å². The number of nitrogen functional groups attached to an aromatic ring is 1. The van der Waals surface area contributed by atoms with Gasteiger partial charge in [-0.3, -0.25) is 9.59 Å². The summed E-state index contributed by atoms with van der Waals surface area (Å²) >= 11 is 1.24. The van der Waals surface area contributed by atoms with Gasteiger partial charge in [0, 0.05) is 16.9 Å². The number of anilines is 3. The highest BCUT2D eigenvalue weighted by Gasteiger charge is 2.12. The lowest BCUT2D eigenvalue weighted by Gasteiger charge is -2.12. The van der Waals surface area contributed by atoms with Crippen molar-refractivity contribution < 1.29 is 9.59 Å². The van der Waals surface area contributed by atoms with Gasteiger partial charge in [-0.25, -0.2) is 15.0 Å². The first-order chi connectivity index (χ1) is 15.4. The van der Waals surface area contributed by atoms with Crippen molar-refractivity contribution in [3.8, 4) is 0 Å². The van der Waals surface area contributed by atoms with Crippen molar-refractivity contribution in [3.63, 3.8) is 0 Å². The molecule has 4 aromatic rings. The molecular weight excluding hydrogens is 426 g/mol. The van der Waals surface area contributed by atoms with Gasteiger partial charge in [0.2, 0.25) is 5.91 Å². The molecule has 0 radical (unpaired) electrons. The van der Waals surface area contributed by atoms with Gasteiger partial charge >= 0.3 is 0 Å². The molecular formula is C22H21N7O2S. The summed E-state index contributed by atoms with van der Waals surface area (Å²) in [6.45, 7) is 3.77. The highest BCUT2D eigenvalue weighted by Crippen LogP contribution is 2.23. The molecule has 0 atom stereocenters. The van der Waals surface area contributed by atoms with E-state index in [1.165, 1.54) is 18.1 Å². The molecule has 162 valence electrons. The number of H-pyrrole nitrogens is 1. The number of rotatable bonds is 6. The fraction of sp³-hybridized carbons (Fsp3) is 0.136. The zero-order valence-electron chi connectivity index (χ0n) is 17.5. The third-order valence-corrected chi connectivity index (χ3v) is 5.66. The Morgan fingerprint density at radius 1 is 1.06 bits per heavy atom. The predicted molar refractivity (Wildman–Crippen MR) is 126 cm³/mol. The maximum atomic E-state index is 12.5. The number of aryl methyl sites for hydroxylation is 2. The van der Waals surface area contributed by atoms with Crippen LogP contribution in [0.2, 0.25) is 0 Å². The summed E-state index contributed by atoms with van der Waals surface area (Å²) in [7, 11) is 0. The Hall–Kier alpha value is -3.92. The third kappa shape index (κ3) is 4.70. The maximum Gasteiger partial charge on any atom is 0.255 e. The van der Waals surface area contributed by atoms with Crippen LogP contribution in [0.3, 0.4) is 0 Å². The fourth-order valence-corrected chi connectivity index (χ4v) is 3.79. The van der Waals surface area contributed by atoms with Gasteiger partial charge < -0.3 is 21.4 Å². The number of benzene rings is 2. The van der Waals surface area contributed by atoms with Crippen molar-refractivity contribution in [1.29, 1.82) is 0 Å². The summed E-state index contributed by atoms with van der Waals surface area (Å²) in [6, 6.07) is 12.7. The van der Waals surface area contributed by atoms with Crippen LogP contribution in [0.5, 0.6) is 0 Å². The number of imidazole rings is 1. The molecule has 4 rings (SSSR count). The Balaban J connectivity index is 1.36. The average molecular weight is 448 g/mol. The second-order valence-corrected chi connectivity index (χ2v) is 8.10. The maximum absolute atomic E-state index is 12.5. The number of aromatic amines is 1. The number of amides is 2. The van der Waals surface area contributed by atoms with Crippen LogP contribution >= 0.6 is 11.8 Å². The minimum absolute atomic E-state index is 0.151. The minimum Gasteiger partial charge on any atom is -0.382 e. The molecule has 2 aromatic heterocycles. The second-order valence-electron chi connectivity index (χ2n) is 7.14. The van der Waals surface area contributed by atoms with Crippen molar-refractivity contribution in [2.75, 3.05) is 22.1 Å². The summed E-state index contributed by atoms with van der Waals surface area (Å²) in [5, 5.41) is 6.31. The van der Waals surface area contributed by atoms with Gasteiger partial charge in [-0.1, -0.05) is 30.0 Å². The Kier molecular flexibility index (Phi) is 6.04. The van der Waals surface area contributed by atoms with E-state index < -0.39 is 0 Å². The molecule has 5 N–H and O–H groups in total. The number of hydrogen-bond acceptors (Lipinski definition) is 7. The molecule has 0 fully saturated rings. The van der Waals surface area contributed by atoms with E-state index in [0.29, 0.717) is 39.1 Å². The van der Waals surface area contributed by atoms with Crippen LogP contribution in [0.25, 0.3) is 11.2 Å². The zero-order valence-corrected chi connectivity index (χ0v) is 18.3. The highest BCUT2D eigenvalue weighted by molar-refractivity contribution is 7.99. The number of hydrogen-bond donors (Lipinski definition) is 4. The third-order valence-electron chi connectivity index (χ3n) is 4.78. The smallest absolute Gasteiger partial charge is 0.255 e. The molecule has 2 amide bonds. The van der Waals surface area contributed by atoms with E-state index >= 15 is 0 Å². The quantitative estimate of drug-likeness (QED) is 0.332. The van der Waals surface area contributed by atoms with Crippen LogP contribution in [0, 0.1) is 13.8 Å². The normalized spacial score (nSPS) is 10.8. The van der Waals surface area contributed by atoms with Crippen molar-refractivity contribution in [1.82, 2.24) is 19.9 Å². The van der Waals surface area contributed by atoms with Gasteiger partial charge in [-0.2, -0.15) is 0 Å². The summed E-state index contributed by atoms with van der Waals surface area (Å²) < 4.78 is 0. The van der Waals surface area contributed by atoms with E-state index in [2.05, 4.69) is 30.6 Å². The topological polar surface area (TPSA) is 139 Å². The number of nitrogens with one attached hydrogen (secondary N) is 3. The standard InChI is InChI=1S/C22H21N7O2S/c1-12-5-3-4-6-15(12)21(31)27-16-8-7-14(9-13(16)2)26-17(30)10-32-22-28-18-19(23)24-11-25-20(18)29-22/h3-9,11H,10H2,1-2H3,(H,26,30)(H,27,31)(H3,23,24,25,28,29). The van der Waals surface area contributed by atoms with E-state index in [9.17, 15) is 9.59 Å². The molecule has 10 heteroatoms. The Labute approximate surface area is 188 Å². The summed E-state index contributed by atoms with van der Waals surface area (Å²) in [5.41, 5.74) is 10.5. The van der Waals surface area contributed by atoms with Gasteiger partial charge in [0.25, 0.3) is 5.91 Å². The summed E-state index contributed by atoms with van der Waals surface area (Å²) in [5.74, 6) is 0.0999. The lowest BCUT2D eigenvalue weighted by molar-refractivity contribution is -0.113. The second kappa shape index (κ2) is 9.06. The lowest BCUT2D eigenvalue weighted by Crippen LogP contribution is -2.16. The van der Waals surface area contributed by atoms with Gasteiger partial charge in [0.05, 0.1) is 5.75 Å². The predicted octanol–water partition coefficient (Wildman–Crippen LogP) is 3.54. The molecule has 2 aromatic carbocycles. The first-order valence-electron chi connectivity index (χ1n) is 9.77. The summed E-state index contributed by atoms with van der Waals surface area (Å²) in [4.78, 5) is 40.2. The Bertz CT molecular complexity index is 1320. The molecule has 0 unspecified atom stereocenters. The Morgan fingerprint density at radius 2 is 1.88 bits per heavy atom. The van der Waals surface area contributed by atoms with E-state index in [0.717, 1.165) is 11.1 Å². The highest BCUT2D eigenvalue weighted by atomic mass is 32.2. The van der Waals surface area contributed by atoms with Crippen molar-refractivity contribution in [3.05, 3.63) is 65.5 Å². The van der Waals surface area contributed by atoms with E-state index in [-0.39, 0.29) is 17.6 Å². The van der Waals surface area contributed by atoms with Crippen molar-refractivity contribution in [2.24, 2.45) is 0 Å². The number of aromatic nitrogens is 4. The van der Waals surface area contributed by atoms with Gasteiger partial charge in [0.15, 0.2) is 16.6 Å². The molecule has 0 spiro atoms. The van der Waals surface area contributed by atoms with E-state index in [1.54, 1.807) is 18.2 Å². The minimum atomic E-state index is -0.189. The number of fused-ring (bicyclic) bond motifs is 1. The molecule has 2 heterocycles. The number of carbonyl (C=O) groups is 2. The van der Waals surface area contributed by atoms with Crippen LogP contribution in [0.1, 0.15) is 21.5 Å². The monoisotopic (exact) mass is 447 g/mol. The van der Waals surface area contributed by atoms with E-state index in [1.807, 2.05) is 38.1 Å². The first-order valence-corrected chi connectivity index (χ1v) is 10.8. The molecule has 0 saturated carbocycles. The fourth-order valence-electron chi connectivity index (χ4n) is 3.12. The summed E-state index contributed by atoms with van der Waals surface area (Å²) in [6.07, 6.45) is 1.34. The van der Waals surface area contributed by atoms with Gasteiger partial charge in [-0.15, -0.1) is 0 Å². The molecule has 0 aliphatic heterocycles. The molecule has 9 nitrogen and oxygen atoms in total. The molecule has 0 aliphatic carbocycles. The van der Waals surface area contributed by atoms with Crippen LogP contribution < -0.4 is 16.4 Å². The van der Waals surface area contributed by atoms with Gasteiger partial charge in [0.1, 0.15) is 11.8 Å². The number of nitrogens with two attached hydrogens (primary N) is 1. The first kappa shape index (κ1) is 21.3. The largest absolute Gasteiger partial charge is 0.382 e. The van der Waals surface area contributed by atoms with Crippen molar-refractivity contribution in [2.45, 2.75) is 19.0 Å². The number of nitrogens with zero attached hydrogens (tertiary/aromatic N) is 3. The van der Waals surface area contributed by atoms with Crippen LogP contribution in [-0.4, -0.2) is 37.5 Å². The molecule has 0 saturated heterocycles. The average Bonchev–Trinajstić information content (AvgIpc) is 3.19. The lowest BCUT2D eigenvalue weighted by atomic mass is 10.1. The van der Waals surface area contributed by atoms with Crippen LogP contribution in [0.15, 0.2) is 53.9 Å². The molecule has 0 aliphatic rings. The molecule has 32 heavy (non-hydrogen) atoms. The Morgan fingerprint density at radius 3 is 2.62 bits per heavy atom.